The summed E-state index contributed by atoms with van der Waals surface area (Å²) in [6.45, 7) is 7.12. The van der Waals surface area contributed by atoms with Gasteiger partial charge < -0.3 is 10.2 Å². The average molecular weight is 360 g/mol. The zero-order valence-corrected chi connectivity index (χ0v) is 15.3. The molecule has 0 saturated carbocycles. The summed E-state index contributed by atoms with van der Waals surface area (Å²) in [5.41, 5.74) is 1.17. The van der Waals surface area contributed by atoms with Crippen molar-refractivity contribution < 1.29 is 18.4 Å². The summed E-state index contributed by atoms with van der Waals surface area (Å²) in [7, 11) is 0. The van der Waals surface area contributed by atoms with Crippen molar-refractivity contribution in [1.29, 1.82) is 0 Å². The van der Waals surface area contributed by atoms with Gasteiger partial charge in [-0.2, -0.15) is 0 Å². The van der Waals surface area contributed by atoms with Crippen molar-refractivity contribution >= 4 is 23.2 Å². The first-order chi connectivity index (χ1) is 12.1. The molecule has 2 aromatic carbocycles. The normalized spacial score (nSPS) is 11.2. The smallest absolute Gasteiger partial charge is 0.244 e. The Hall–Kier alpha value is -2.76. The van der Waals surface area contributed by atoms with Crippen LogP contribution in [0, 0.1) is 11.6 Å². The van der Waals surface area contributed by atoms with E-state index in [1.165, 1.54) is 11.8 Å². The molecule has 2 aromatic rings. The third-order valence-electron chi connectivity index (χ3n) is 3.89. The zero-order valence-electron chi connectivity index (χ0n) is 15.3. The lowest BCUT2D eigenvalue weighted by Crippen LogP contribution is -2.38. The van der Waals surface area contributed by atoms with Gasteiger partial charge in [0.25, 0.3) is 0 Å². The topological polar surface area (TPSA) is 49.4 Å². The Kier molecular flexibility index (Phi) is 5.75. The molecular formula is C20H22F2N2O2. The molecule has 0 aromatic heterocycles. The van der Waals surface area contributed by atoms with Gasteiger partial charge in [0, 0.05) is 18.7 Å². The number of hydrogen-bond donors (Lipinski definition) is 1. The predicted molar refractivity (Wildman–Crippen MR) is 98.2 cm³/mol. The Morgan fingerprint density at radius 2 is 1.73 bits per heavy atom. The van der Waals surface area contributed by atoms with E-state index in [-0.39, 0.29) is 23.6 Å². The minimum absolute atomic E-state index is 0.135. The van der Waals surface area contributed by atoms with E-state index < -0.39 is 17.5 Å². The summed E-state index contributed by atoms with van der Waals surface area (Å²) in [5, 5.41) is 2.38. The van der Waals surface area contributed by atoms with Crippen LogP contribution in [0.25, 0.3) is 0 Å². The van der Waals surface area contributed by atoms with Gasteiger partial charge in [-0.1, -0.05) is 39.0 Å². The Morgan fingerprint density at radius 1 is 1.08 bits per heavy atom. The number of nitrogens with one attached hydrogen (secondary N) is 1. The van der Waals surface area contributed by atoms with Gasteiger partial charge in [0.1, 0.15) is 18.2 Å². The Balaban J connectivity index is 2.27. The molecule has 0 heterocycles. The summed E-state index contributed by atoms with van der Waals surface area (Å²) in [5.74, 6) is -2.49. The third kappa shape index (κ3) is 4.65. The van der Waals surface area contributed by atoms with Crippen LogP contribution in [0.1, 0.15) is 33.3 Å². The molecule has 6 heteroatoms. The molecule has 0 saturated heterocycles. The first-order valence-corrected chi connectivity index (χ1v) is 8.22. The number of carbonyl (C=O) groups excluding carboxylic acids is 2. The molecule has 0 aliphatic rings. The molecular weight excluding hydrogens is 338 g/mol. The molecule has 4 nitrogen and oxygen atoms in total. The van der Waals surface area contributed by atoms with Gasteiger partial charge in [-0.05, 0) is 29.2 Å². The summed E-state index contributed by atoms with van der Waals surface area (Å²) in [6.07, 6.45) is 0. The standard InChI is InChI=1S/C20H22F2N2O2/c1-13(25)24(18-8-6-5-7-15(18)20(2,3)4)12-19(26)23-17-10-9-14(21)11-16(17)22/h5-11H,12H2,1-4H3,(H,23,26). The van der Waals surface area contributed by atoms with Crippen molar-refractivity contribution in [3.8, 4) is 0 Å². The number of amides is 2. The molecule has 138 valence electrons. The second kappa shape index (κ2) is 7.64. The van der Waals surface area contributed by atoms with Crippen LogP contribution in [-0.4, -0.2) is 18.4 Å². The highest BCUT2D eigenvalue weighted by molar-refractivity contribution is 6.02. The maximum Gasteiger partial charge on any atom is 0.244 e. The monoisotopic (exact) mass is 360 g/mol. The number of halogens is 2. The highest BCUT2D eigenvalue weighted by Gasteiger charge is 2.24. The van der Waals surface area contributed by atoms with E-state index in [1.54, 1.807) is 12.1 Å². The molecule has 1 N–H and O–H groups in total. The number of hydrogen-bond acceptors (Lipinski definition) is 2. The van der Waals surface area contributed by atoms with Crippen molar-refractivity contribution in [3.05, 3.63) is 59.7 Å². The Morgan fingerprint density at radius 3 is 2.31 bits per heavy atom. The van der Waals surface area contributed by atoms with Crippen LogP contribution in [0.15, 0.2) is 42.5 Å². The van der Waals surface area contributed by atoms with Crippen LogP contribution in [0.3, 0.4) is 0 Å². The van der Waals surface area contributed by atoms with Gasteiger partial charge in [0.15, 0.2) is 0 Å². The minimum Gasteiger partial charge on any atom is -0.322 e. The van der Waals surface area contributed by atoms with Crippen molar-refractivity contribution in [3.63, 3.8) is 0 Å². The third-order valence-corrected chi connectivity index (χ3v) is 3.89. The SMILES string of the molecule is CC(=O)N(CC(=O)Nc1ccc(F)cc1F)c1ccccc1C(C)(C)C. The molecule has 26 heavy (non-hydrogen) atoms. The van der Waals surface area contributed by atoms with Crippen molar-refractivity contribution in [2.45, 2.75) is 33.1 Å². The highest BCUT2D eigenvalue weighted by Crippen LogP contribution is 2.32. The predicted octanol–water partition coefficient (Wildman–Crippen LogP) is 4.25. The second-order valence-electron chi connectivity index (χ2n) is 7.04. The van der Waals surface area contributed by atoms with Gasteiger partial charge in [0.2, 0.25) is 11.8 Å². The van der Waals surface area contributed by atoms with Gasteiger partial charge >= 0.3 is 0 Å². The van der Waals surface area contributed by atoms with E-state index in [9.17, 15) is 18.4 Å². The molecule has 2 rings (SSSR count). The summed E-state index contributed by atoms with van der Waals surface area (Å²) >= 11 is 0. The van der Waals surface area contributed by atoms with Crippen LogP contribution in [0.4, 0.5) is 20.2 Å². The van der Waals surface area contributed by atoms with Crippen LogP contribution in [0.5, 0.6) is 0 Å². The fourth-order valence-electron chi connectivity index (χ4n) is 2.63. The Bertz CT molecular complexity index is 829. The molecule has 0 radical (unpaired) electrons. The molecule has 0 aliphatic carbocycles. The van der Waals surface area contributed by atoms with E-state index in [1.807, 2.05) is 32.9 Å². The average Bonchev–Trinajstić information content (AvgIpc) is 2.54. The van der Waals surface area contributed by atoms with Gasteiger partial charge in [0.05, 0.1) is 5.69 Å². The van der Waals surface area contributed by atoms with Crippen LogP contribution in [-0.2, 0) is 15.0 Å². The largest absolute Gasteiger partial charge is 0.322 e. The van der Waals surface area contributed by atoms with E-state index >= 15 is 0 Å². The lowest BCUT2D eigenvalue weighted by atomic mass is 9.85. The number of nitrogens with zero attached hydrogens (tertiary/aromatic N) is 1. The molecule has 0 fully saturated rings. The number of benzene rings is 2. The molecule has 0 bridgehead atoms. The van der Waals surface area contributed by atoms with E-state index in [4.69, 9.17) is 0 Å². The van der Waals surface area contributed by atoms with Crippen LogP contribution >= 0.6 is 0 Å². The summed E-state index contributed by atoms with van der Waals surface area (Å²) < 4.78 is 26.7. The Labute approximate surface area is 151 Å². The van der Waals surface area contributed by atoms with Gasteiger partial charge in [-0.25, -0.2) is 8.78 Å². The quantitative estimate of drug-likeness (QED) is 0.886. The van der Waals surface area contributed by atoms with Crippen molar-refractivity contribution in [1.82, 2.24) is 0 Å². The van der Waals surface area contributed by atoms with E-state index in [2.05, 4.69) is 5.32 Å². The van der Waals surface area contributed by atoms with Crippen LogP contribution in [0.2, 0.25) is 0 Å². The van der Waals surface area contributed by atoms with Crippen molar-refractivity contribution in [2.75, 3.05) is 16.8 Å². The van der Waals surface area contributed by atoms with E-state index in [0.29, 0.717) is 11.8 Å². The zero-order chi connectivity index (χ0) is 19.5. The molecule has 0 unspecified atom stereocenters. The van der Waals surface area contributed by atoms with Gasteiger partial charge in [-0.15, -0.1) is 0 Å². The number of carbonyl (C=O) groups is 2. The molecule has 0 atom stereocenters. The number of anilines is 2. The maximum atomic E-state index is 13.7. The number of para-hydroxylation sites is 1. The van der Waals surface area contributed by atoms with Crippen LogP contribution < -0.4 is 10.2 Å². The highest BCUT2D eigenvalue weighted by atomic mass is 19.1. The molecule has 2 amide bonds. The van der Waals surface area contributed by atoms with E-state index in [0.717, 1.165) is 17.7 Å². The first kappa shape index (κ1) is 19.6. The van der Waals surface area contributed by atoms with Gasteiger partial charge in [-0.3, -0.25) is 9.59 Å². The lowest BCUT2D eigenvalue weighted by Gasteiger charge is -2.29. The second-order valence-corrected chi connectivity index (χ2v) is 7.04. The fraction of sp³-hybridized carbons (Fsp3) is 0.300. The fourth-order valence-corrected chi connectivity index (χ4v) is 2.63. The molecule has 0 spiro atoms. The summed E-state index contributed by atoms with van der Waals surface area (Å²) in [4.78, 5) is 25.8. The lowest BCUT2D eigenvalue weighted by molar-refractivity contribution is -0.120. The minimum atomic E-state index is -0.872. The summed E-state index contributed by atoms with van der Waals surface area (Å²) in [6, 6.07) is 10.2. The molecule has 0 aliphatic heterocycles. The van der Waals surface area contributed by atoms with Crippen molar-refractivity contribution in [2.24, 2.45) is 0 Å². The number of rotatable bonds is 4. The maximum absolute atomic E-state index is 13.7. The first-order valence-electron chi connectivity index (χ1n) is 8.22.